The van der Waals surface area contributed by atoms with Crippen molar-refractivity contribution in [2.45, 2.75) is 17.8 Å². The van der Waals surface area contributed by atoms with E-state index in [0.29, 0.717) is 16.4 Å². The highest BCUT2D eigenvalue weighted by Gasteiger charge is 2.18. The predicted molar refractivity (Wildman–Crippen MR) is 68.7 cm³/mol. The molecule has 1 atom stereocenters. The molecule has 0 aromatic carbocycles. The van der Waals surface area contributed by atoms with E-state index in [1.165, 1.54) is 12.1 Å². The first kappa shape index (κ1) is 13.8. The van der Waals surface area contributed by atoms with Gasteiger partial charge in [-0.15, -0.1) is 0 Å². The minimum absolute atomic E-state index is 0.104. The second kappa shape index (κ2) is 5.18. The summed E-state index contributed by atoms with van der Waals surface area (Å²) in [6.07, 6.45) is 0. The third kappa shape index (κ3) is 2.71. The van der Waals surface area contributed by atoms with Crippen molar-refractivity contribution in [2.75, 3.05) is 0 Å². The molecule has 2 aromatic heterocycles. The first-order valence-electron chi connectivity index (χ1n) is 5.29. The molecule has 0 spiro atoms. The van der Waals surface area contributed by atoms with E-state index >= 15 is 0 Å². The van der Waals surface area contributed by atoms with Gasteiger partial charge in [-0.05, 0) is 19.1 Å². The van der Waals surface area contributed by atoms with Gasteiger partial charge >= 0.3 is 5.97 Å². The topological polar surface area (TPSA) is 85.3 Å². The molecule has 2 rings (SSSR count). The fourth-order valence-corrected chi connectivity index (χ4v) is 3.02. The minimum Gasteiger partial charge on any atom is -0.475 e. The SMILES string of the molecule is Cc1nn(C)c(CS(=O)c2ccc(C(=O)O)o2)c1Cl. The highest BCUT2D eigenvalue weighted by Crippen LogP contribution is 2.23. The van der Waals surface area contributed by atoms with Crippen LogP contribution >= 0.6 is 11.6 Å². The Bertz CT molecular complexity index is 662. The number of carbonyl (C=O) groups is 1. The van der Waals surface area contributed by atoms with Gasteiger partial charge in [-0.2, -0.15) is 5.10 Å². The molecular weight excluding hydrogens is 292 g/mol. The average molecular weight is 303 g/mol. The van der Waals surface area contributed by atoms with Crippen molar-refractivity contribution in [2.24, 2.45) is 7.05 Å². The largest absolute Gasteiger partial charge is 0.475 e. The normalized spacial score (nSPS) is 12.6. The van der Waals surface area contributed by atoms with E-state index in [1.807, 2.05) is 0 Å². The van der Waals surface area contributed by atoms with Gasteiger partial charge in [0.15, 0.2) is 5.09 Å². The summed E-state index contributed by atoms with van der Waals surface area (Å²) in [5, 5.41) is 13.4. The zero-order valence-electron chi connectivity index (χ0n) is 10.2. The molecule has 1 N–H and O–H groups in total. The lowest BCUT2D eigenvalue weighted by Crippen LogP contribution is -2.03. The summed E-state index contributed by atoms with van der Waals surface area (Å²) in [7, 11) is 0.192. The zero-order valence-corrected chi connectivity index (χ0v) is 11.8. The van der Waals surface area contributed by atoms with Crippen LogP contribution in [0.5, 0.6) is 0 Å². The van der Waals surface area contributed by atoms with Crippen LogP contribution in [-0.2, 0) is 23.6 Å². The van der Waals surface area contributed by atoms with Gasteiger partial charge in [-0.25, -0.2) is 4.79 Å². The molecule has 0 aliphatic heterocycles. The summed E-state index contributed by atoms with van der Waals surface area (Å²) in [5.41, 5.74) is 1.27. The summed E-state index contributed by atoms with van der Waals surface area (Å²) in [6.45, 7) is 1.75. The Balaban J connectivity index is 2.23. The van der Waals surface area contributed by atoms with Crippen LogP contribution in [0.4, 0.5) is 0 Å². The molecule has 0 fully saturated rings. The summed E-state index contributed by atoms with van der Waals surface area (Å²) in [6, 6.07) is 2.66. The number of furan rings is 1. The van der Waals surface area contributed by atoms with E-state index in [4.69, 9.17) is 21.1 Å². The van der Waals surface area contributed by atoms with Gasteiger partial charge < -0.3 is 9.52 Å². The maximum atomic E-state index is 12.1. The Hall–Kier alpha value is -1.60. The lowest BCUT2D eigenvalue weighted by atomic mass is 10.4. The van der Waals surface area contributed by atoms with Crippen molar-refractivity contribution in [3.63, 3.8) is 0 Å². The van der Waals surface area contributed by atoms with Crippen molar-refractivity contribution >= 4 is 28.4 Å². The van der Waals surface area contributed by atoms with Crippen LogP contribution < -0.4 is 0 Å². The number of hydrogen-bond donors (Lipinski definition) is 1. The van der Waals surface area contributed by atoms with E-state index in [1.54, 1.807) is 18.7 Å². The Morgan fingerprint density at radius 3 is 2.74 bits per heavy atom. The number of halogens is 1. The van der Waals surface area contributed by atoms with E-state index < -0.39 is 16.8 Å². The second-order valence-electron chi connectivity index (χ2n) is 3.88. The summed E-state index contributed by atoms with van der Waals surface area (Å²) in [4.78, 5) is 10.7. The molecule has 1 unspecified atom stereocenters. The summed E-state index contributed by atoms with van der Waals surface area (Å²) < 4.78 is 18.6. The fraction of sp³-hybridized carbons (Fsp3) is 0.273. The Kier molecular flexibility index (Phi) is 3.77. The maximum Gasteiger partial charge on any atom is 0.371 e. The minimum atomic E-state index is -1.51. The Labute approximate surface area is 116 Å². The van der Waals surface area contributed by atoms with Crippen molar-refractivity contribution in [1.82, 2.24) is 9.78 Å². The molecule has 0 amide bonds. The molecule has 6 nitrogen and oxygen atoms in total. The third-order valence-electron chi connectivity index (χ3n) is 2.55. The second-order valence-corrected chi connectivity index (χ2v) is 5.64. The standard InChI is InChI=1S/C11H11ClN2O4S/c1-6-10(12)7(14(2)13-6)5-19(17)9-4-3-8(18-9)11(15)16/h3-4H,5H2,1-2H3,(H,15,16). The lowest BCUT2D eigenvalue weighted by Gasteiger charge is -2.01. The molecule has 0 aliphatic carbocycles. The predicted octanol–water partition coefficient (Wildman–Crippen LogP) is 1.98. The number of aromatic carboxylic acids is 1. The van der Waals surface area contributed by atoms with Crippen molar-refractivity contribution < 1.29 is 18.5 Å². The molecular formula is C11H11ClN2O4S. The van der Waals surface area contributed by atoms with Crippen LogP contribution in [0, 0.1) is 6.92 Å². The number of rotatable bonds is 4. The lowest BCUT2D eigenvalue weighted by molar-refractivity contribution is 0.0656. The highest BCUT2D eigenvalue weighted by atomic mass is 35.5. The number of hydrogen-bond acceptors (Lipinski definition) is 4. The molecule has 0 bridgehead atoms. The molecule has 0 aliphatic rings. The molecule has 2 aromatic rings. The summed E-state index contributed by atoms with van der Waals surface area (Å²) in [5.74, 6) is -1.32. The number of aryl methyl sites for hydroxylation is 2. The molecule has 0 radical (unpaired) electrons. The number of aromatic nitrogens is 2. The molecule has 2 heterocycles. The highest BCUT2D eigenvalue weighted by molar-refractivity contribution is 7.84. The van der Waals surface area contributed by atoms with Crippen LogP contribution in [0.25, 0.3) is 0 Å². The van der Waals surface area contributed by atoms with Crippen LogP contribution in [0.1, 0.15) is 21.9 Å². The van der Waals surface area contributed by atoms with Crippen LogP contribution in [0.15, 0.2) is 21.6 Å². The van der Waals surface area contributed by atoms with E-state index in [9.17, 15) is 9.00 Å². The van der Waals surface area contributed by atoms with E-state index in [-0.39, 0.29) is 16.6 Å². The van der Waals surface area contributed by atoms with E-state index in [2.05, 4.69) is 5.10 Å². The van der Waals surface area contributed by atoms with Gasteiger partial charge in [0.25, 0.3) is 0 Å². The Morgan fingerprint density at radius 1 is 1.58 bits per heavy atom. The third-order valence-corrected chi connectivity index (χ3v) is 4.24. The van der Waals surface area contributed by atoms with Gasteiger partial charge in [0.05, 0.1) is 33.0 Å². The van der Waals surface area contributed by atoms with Gasteiger partial charge in [-0.1, -0.05) is 11.6 Å². The van der Waals surface area contributed by atoms with Crippen molar-refractivity contribution in [1.29, 1.82) is 0 Å². The van der Waals surface area contributed by atoms with E-state index in [0.717, 1.165) is 0 Å². The first-order chi connectivity index (χ1) is 8.90. The number of carboxylic acids is 1. The molecule has 8 heteroatoms. The number of carboxylic acid groups (broad SMARTS) is 1. The maximum absolute atomic E-state index is 12.1. The molecule has 102 valence electrons. The molecule has 19 heavy (non-hydrogen) atoms. The number of nitrogens with zero attached hydrogens (tertiary/aromatic N) is 2. The average Bonchev–Trinajstić information content (AvgIpc) is 2.91. The van der Waals surface area contributed by atoms with Crippen LogP contribution in [-0.4, -0.2) is 25.1 Å². The smallest absolute Gasteiger partial charge is 0.371 e. The van der Waals surface area contributed by atoms with Gasteiger partial charge in [-0.3, -0.25) is 8.89 Å². The van der Waals surface area contributed by atoms with Gasteiger partial charge in [0, 0.05) is 7.05 Å². The molecule has 0 saturated carbocycles. The van der Waals surface area contributed by atoms with Gasteiger partial charge in [0.1, 0.15) is 0 Å². The Morgan fingerprint density at radius 2 is 2.26 bits per heavy atom. The fourth-order valence-electron chi connectivity index (χ4n) is 1.59. The van der Waals surface area contributed by atoms with Crippen molar-refractivity contribution in [3.8, 4) is 0 Å². The quantitative estimate of drug-likeness (QED) is 0.933. The zero-order chi connectivity index (χ0) is 14.2. The monoisotopic (exact) mass is 302 g/mol. The van der Waals surface area contributed by atoms with Gasteiger partial charge in [0.2, 0.25) is 5.76 Å². The van der Waals surface area contributed by atoms with Crippen LogP contribution in [0.3, 0.4) is 0 Å². The first-order valence-corrected chi connectivity index (χ1v) is 6.99. The molecule has 0 saturated heterocycles. The van der Waals surface area contributed by atoms with Crippen LogP contribution in [0.2, 0.25) is 5.02 Å². The summed E-state index contributed by atoms with van der Waals surface area (Å²) >= 11 is 6.06. The van der Waals surface area contributed by atoms with Crippen molar-refractivity contribution in [3.05, 3.63) is 34.3 Å².